The van der Waals surface area contributed by atoms with Crippen LogP contribution in [0.5, 0.6) is 0 Å². The fraction of sp³-hybridized carbons (Fsp3) is 0.875. The van der Waals surface area contributed by atoms with Gasteiger partial charge >= 0.3 is 11.8 Å². The first kappa shape index (κ1) is 14.8. The third-order valence-electron chi connectivity index (χ3n) is 5.62. The summed E-state index contributed by atoms with van der Waals surface area (Å²) in [5, 5.41) is 6.22. The van der Waals surface area contributed by atoms with Gasteiger partial charge in [-0.25, -0.2) is 0 Å². The molecule has 3 fully saturated rings. The van der Waals surface area contributed by atoms with Crippen molar-refractivity contribution >= 4 is 11.8 Å². The van der Waals surface area contributed by atoms with Gasteiger partial charge in [-0.1, -0.05) is 6.42 Å². The van der Waals surface area contributed by atoms with Crippen molar-refractivity contribution in [3.63, 3.8) is 0 Å². The molecule has 5 nitrogen and oxygen atoms in total. The minimum absolute atomic E-state index is 0.127. The summed E-state index contributed by atoms with van der Waals surface area (Å²) in [4.78, 5) is 26.1. The van der Waals surface area contributed by atoms with Crippen LogP contribution in [0.15, 0.2) is 0 Å². The van der Waals surface area contributed by atoms with E-state index in [0.717, 1.165) is 31.3 Å². The van der Waals surface area contributed by atoms with Gasteiger partial charge in [0, 0.05) is 25.7 Å². The summed E-state index contributed by atoms with van der Waals surface area (Å²) in [6.07, 6.45) is 6.15. The van der Waals surface area contributed by atoms with Crippen molar-refractivity contribution in [1.82, 2.24) is 15.5 Å². The van der Waals surface area contributed by atoms with Crippen LogP contribution in [0.1, 0.15) is 39.0 Å². The Kier molecular flexibility index (Phi) is 4.48. The average molecular weight is 293 g/mol. The monoisotopic (exact) mass is 293 g/mol. The summed E-state index contributed by atoms with van der Waals surface area (Å²) in [6.45, 7) is 5.09. The van der Waals surface area contributed by atoms with Gasteiger partial charge in [-0.15, -0.1) is 0 Å². The highest BCUT2D eigenvalue weighted by Gasteiger charge is 2.42. The predicted octanol–water partition coefficient (Wildman–Crippen LogP) is 0.749. The van der Waals surface area contributed by atoms with Crippen LogP contribution in [-0.2, 0) is 9.59 Å². The molecular formula is C16H27N3O2. The molecule has 2 N–H and O–H groups in total. The van der Waals surface area contributed by atoms with Crippen LogP contribution in [0.3, 0.4) is 0 Å². The molecule has 2 bridgehead atoms. The normalized spacial score (nSPS) is 33.6. The van der Waals surface area contributed by atoms with Gasteiger partial charge in [-0.05, 0) is 56.9 Å². The van der Waals surface area contributed by atoms with E-state index in [1.54, 1.807) is 4.90 Å². The van der Waals surface area contributed by atoms with E-state index in [9.17, 15) is 9.59 Å². The molecule has 5 heteroatoms. The maximum absolute atomic E-state index is 12.2. The minimum atomic E-state index is -0.410. The van der Waals surface area contributed by atoms with Crippen molar-refractivity contribution < 1.29 is 9.59 Å². The first-order valence-electron chi connectivity index (χ1n) is 8.45. The molecule has 1 saturated heterocycles. The molecule has 0 aromatic heterocycles. The van der Waals surface area contributed by atoms with Crippen LogP contribution in [0.4, 0.5) is 0 Å². The van der Waals surface area contributed by atoms with E-state index in [-0.39, 0.29) is 11.9 Å². The third-order valence-corrected chi connectivity index (χ3v) is 5.62. The molecule has 3 rings (SSSR count). The maximum atomic E-state index is 12.2. The Morgan fingerprint density at radius 2 is 2.05 bits per heavy atom. The highest BCUT2D eigenvalue weighted by Crippen LogP contribution is 2.49. The minimum Gasteiger partial charge on any atom is -0.345 e. The Morgan fingerprint density at radius 3 is 2.76 bits per heavy atom. The Bertz CT molecular complexity index is 404. The molecule has 0 spiro atoms. The lowest BCUT2D eigenvalue weighted by atomic mass is 9.84. The fourth-order valence-electron chi connectivity index (χ4n) is 4.47. The zero-order valence-corrected chi connectivity index (χ0v) is 12.9. The molecule has 0 aromatic rings. The van der Waals surface area contributed by atoms with Gasteiger partial charge in [0.2, 0.25) is 0 Å². The van der Waals surface area contributed by atoms with E-state index in [4.69, 9.17) is 0 Å². The van der Waals surface area contributed by atoms with Crippen molar-refractivity contribution in [1.29, 1.82) is 0 Å². The second-order valence-corrected chi connectivity index (χ2v) is 7.00. The van der Waals surface area contributed by atoms with Crippen molar-refractivity contribution in [3.05, 3.63) is 0 Å². The standard InChI is InChI=1S/C16H27N3O2/c1-11(14-10-12-3-4-13(14)9-12)18-15(20)16(21)19-7-2-5-17-6-8-19/h11-14,17H,2-10H2,1H3,(H,18,20). The van der Waals surface area contributed by atoms with Gasteiger partial charge in [-0.3, -0.25) is 9.59 Å². The predicted molar refractivity (Wildman–Crippen MR) is 80.6 cm³/mol. The van der Waals surface area contributed by atoms with Crippen LogP contribution in [0.2, 0.25) is 0 Å². The zero-order chi connectivity index (χ0) is 14.8. The molecule has 2 aliphatic carbocycles. The van der Waals surface area contributed by atoms with E-state index in [0.29, 0.717) is 19.0 Å². The number of nitrogens with one attached hydrogen (secondary N) is 2. The van der Waals surface area contributed by atoms with Crippen LogP contribution >= 0.6 is 0 Å². The molecule has 0 radical (unpaired) electrons. The number of hydrogen-bond donors (Lipinski definition) is 2. The summed E-state index contributed by atoms with van der Waals surface area (Å²) in [6, 6.07) is 0.127. The highest BCUT2D eigenvalue weighted by molar-refractivity contribution is 6.35. The molecule has 0 aromatic carbocycles. The fourth-order valence-corrected chi connectivity index (χ4v) is 4.47. The summed E-state index contributed by atoms with van der Waals surface area (Å²) in [5.41, 5.74) is 0. The number of nitrogens with zero attached hydrogens (tertiary/aromatic N) is 1. The van der Waals surface area contributed by atoms with E-state index in [1.807, 2.05) is 0 Å². The van der Waals surface area contributed by atoms with Gasteiger partial charge < -0.3 is 15.5 Å². The van der Waals surface area contributed by atoms with Gasteiger partial charge in [0.25, 0.3) is 0 Å². The largest absolute Gasteiger partial charge is 0.345 e. The van der Waals surface area contributed by atoms with Gasteiger partial charge in [0.15, 0.2) is 0 Å². The number of hydrogen-bond acceptors (Lipinski definition) is 3. The molecule has 21 heavy (non-hydrogen) atoms. The Hall–Kier alpha value is -1.10. The van der Waals surface area contributed by atoms with Crippen LogP contribution in [-0.4, -0.2) is 48.9 Å². The average Bonchev–Trinajstić information content (AvgIpc) is 3.01. The molecule has 1 heterocycles. The van der Waals surface area contributed by atoms with E-state index in [1.165, 1.54) is 25.7 Å². The first-order chi connectivity index (χ1) is 10.1. The summed E-state index contributed by atoms with van der Waals surface area (Å²) in [5.74, 6) is 1.45. The second kappa shape index (κ2) is 6.34. The Balaban J connectivity index is 1.51. The van der Waals surface area contributed by atoms with E-state index < -0.39 is 5.91 Å². The smallest absolute Gasteiger partial charge is 0.311 e. The molecule has 1 aliphatic heterocycles. The Morgan fingerprint density at radius 1 is 1.19 bits per heavy atom. The molecule has 2 amide bonds. The summed E-state index contributed by atoms with van der Waals surface area (Å²) in [7, 11) is 0. The quantitative estimate of drug-likeness (QED) is 0.739. The van der Waals surface area contributed by atoms with Crippen LogP contribution in [0, 0.1) is 17.8 Å². The van der Waals surface area contributed by atoms with Crippen molar-refractivity contribution in [2.75, 3.05) is 26.2 Å². The number of fused-ring (bicyclic) bond motifs is 2. The van der Waals surface area contributed by atoms with Gasteiger partial charge in [0.05, 0.1) is 0 Å². The maximum Gasteiger partial charge on any atom is 0.311 e. The first-order valence-corrected chi connectivity index (χ1v) is 8.45. The highest BCUT2D eigenvalue weighted by atomic mass is 16.2. The van der Waals surface area contributed by atoms with Gasteiger partial charge in [0.1, 0.15) is 0 Å². The molecular weight excluding hydrogens is 266 g/mol. The van der Waals surface area contributed by atoms with Crippen LogP contribution in [0.25, 0.3) is 0 Å². The lowest BCUT2D eigenvalue weighted by molar-refractivity contribution is -0.146. The van der Waals surface area contributed by atoms with Crippen LogP contribution < -0.4 is 10.6 Å². The molecule has 4 atom stereocenters. The SMILES string of the molecule is CC(NC(=O)C(=O)N1CCCNCC1)C1CC2CCC1C2. The third kappa shape index (κ3) is 3.23. The number of carbonyl (C=O) groups is 2. The summed E-state index contributed by atoms with van der Waals surface area (Å²) >= 11 is 0. The number of rotatable bonds is 2. The second-order valence-electron chi connectivity index (χ2n) is 7.00. The molecule has 3 aliphatic rings. The number of carbonyl (C=O) groups excluding carboxylic acids is 2. The van der Waals surface area contributed by atoms with Crippen molar-refractivity contribution in [2.24, 2.45) is 17.8 Å². The number of amides is 2. The summed E-state index contributed by atoms with van der Waals surface area (Å²) < 4.78 is 0. The lowest BCUT2D eigenvalue weighted by Crippen LogP contribution is -2.49. The zero-order valence-electron chi connectivity index (χ0n) is 12.9. The van der Waals surface area contributed by atoms with Crippen molar-refractivity contribution in [2.45, 2.75) is 45.1 Å². The van der Waals surface area contributed by atoms with E-state index in [2.05, 4.69) is 17.6 Å². The Labute approximate surface area is 126 Å². The molecule has 118 valence electrons. The van der Waals surface area contributed by atoms with Crippen molar-refractivity contribution in [3.8, 4) is 0 Å². The molecule has 4 unspecified atom stereocenters. The topological polar surface area (TPSA) is 61.4 Å². The van der Waals surface area contributed by atoms with Gasteiger partial charge in [-0.2, -0.15) is 0 Å². The van der Waals surface area contributed by atoms with E-state index >= 15 is 0 Å². The lowest BCUT2D eigenvalue weighted by Gasteiger charge is -2.29. The molecule has 2 saturated carbocycles.